The van der Waals surface area contributed by atoms with Crippen LogP contribution in [0.1, 0.15) is 36.5 Å². The van der Waals surface area contributed by atoms with Crippen molar-refractivity contribution in [3.8, 4) is 0 Å². The molecule has 2 heteroatoms. The lowest BCUT2D eigenvalue weighted by Crippen LogP contribution is -1.96. The number of pyridine rings is 1. The molecule has 0 aliphatic rings. The molecule has 1 aromatic carbocycles. The summed E-state index contributed by atoms with van der Waals surface area (Å²) in [6, 6.07) is 4.09. The fourth-order valence-electron chi connectivity index (χ4n) is 2.27. The van der Waals surface area contributed by atoms with E-state index >= 15 is 0 Å². The van der Waals surface area contributed by atoms with E-state index in [-0.39, 0.29) is 0 Å². The monoisotopic (exact) mass is 233 g/mol. The SMILES string of the molecule is Cc1ccnc2c(Cl)cc(C(C)C)c(C)c12. The minimum Gasteiger partial charge on any atom is -0.255 e. The Morgan fingerprint density at radius 3 is 2.56 bits per heavy atom. The summed E-state index contributed by atoms with van der Waals surface area (Å²) in [6.07, 6.45) is 1.82. The van der Waals surface area contributed by atoms with E-state index in [4.69, 9.17) is 11.6 Å². The van der Waals surface area contributed by atoms with Gasteiger partial charge in [-0.1, -0.05) is 25.4 Å². The normalized spacial score (nSPS) is 11.4. The molecule has 1 aromatic heterocycles. The molecule has 1 nitrogen and oxygen atoms in total. The molecule has 16 heavy (non-hydrogen) atoms. The van der Waals surface area contributed by atoms with Crippen molar-refractivity contribution in [1.82, 2.24) is 4.98 Å². The summed E-state index contributed by atoms with van der Waals surface area (Å²) in [7, 11) is 0. The van der Waals surface area contributed by atoms with Crippen LogP contribution in [0.2, 0.25) is 5.02 Å². The third kappa shape index (κ3) is 1.69. The quantitative estimate of drug-likeness (QED) is 0.700. The van der Waals surface area contributed by atoms with E-state index in [0.717, 1.165) is 10.5 Å². The number of hydrogen-bond donors (Lipinski definition) is 0. The van der Waals surface area contributed by atoms with Gasteiger partial charge in [0.2, 0.25) is 0 Å². The summed E-state index contributed by atoms with van der Waals surface area (Å²) in [5.41, 5.74) is 4.78. The number of aryl methyl sites for hydroxylation is 2. The van der Waals surface area contributed by atoms with E-state index in [0.29, 0.717) is 5.92 Å². The molecular formula is C14H16ClN. The zero-order valence-electron chi connectivity index (χ0n) is 10.1. The van der Waals surface area contributed by atoms with Gasteiger partial charge in [-0.25, -0.2) is 0 Å². The van der Waals surface area contributed by atoms with E-state index in [1.54, 1.807) is 0 Å². The number of nitrogens with zero attached hydrogens (tertiary/aromatic N) is 1. The summed E-state index contributed by atoms with van der Waals surface area (Å²) >= 11 is 6.29. The third-order valence-electron chi connectivity index (χ3n) is 3.10. The molecule has 0 aliphatic carbocycles. The standard InChI is InChI=1S/C14H16ClN/c1-8(2)11-7-12(15)14-13(10(11)4)9(3)5-6-16-14/h5-8H,1-4H3. The topological polar surface area (TPSA) is 12.9 Å². The molecule has 0 N–H and O–H groups in total. The van der Waals surface area contributed by atoms with E-state index in [9.17, 15) is 0 Å². The molecule has 0 saturated carbocycles. The number of aromatic nitrogens is 1. The Morgan fingerprint density at radius 2 is 1.94 bits per heavy atom. The van der Waals surface area contributed by atoms with Crippen molar-refractivity contribution in [3.05, 3.63) is 40.0 Å². The van der Waals surface area contributed by atoms with Crippen molar-refractivity contribution < 1.29 is 0 Å². The van der Waals surface area contributed by atoms with Crippen molar-refractivity contribution in [3.63, 3.8) is 0 Å². The van der Waals surface area contributed by atoms with Crippen LogP contribution in [0.25, 0.3) is 10.9 Å². The second-order valence-electron chi connectivity index (χ2n) is 4.58. The molecule has 0 bridgehead atoms. The molecule has 2 rings (SSSR count). The van der Waals surface area contributed by atoms with E-state index < -0.39 is 0 Å². The highest BCUT2D eigenvalue weighted by Crippen LogP contribution is 2.33. The van der Waals surface area contributed by atoms with Crippen molar-refractivity contribution >= 4 is 22.5 Å². The maximum absolute atomic E-state index is 6.29. The van der Waals surface area contributed by atoms with Crippen molar-refractivity contribution in [2.75, 3.05) is 0 Å². The van der Waals surface area contributed by atoms with Crippen LogP contribution >= 0.6 is 11.6 Å². The van der Waals surface area contributed by atoms with Gasteiger partial charge < -0.3 is 0 Å². The highest BCUT2D eigenvalue weighted by Gasteiger charge is 2.12. The number of rotatable bonds is 1. The first-order valence-electron chi connectivity index (χ1n) is 5.56. The van der Waals surface area contributed by atoms with Crippen LogP contribution in [0.4, 0.5) is 0 Å². The second kappa shape index (κ2) is 4.06. The maximum atomic E-state index is 6.29. The van der Waals surface area contributed by atoms with E-state index in [2.05, 4.69) is 38.7 Å². The van der Waals surface area contributed by atoms with Crippen LogP contribution in [-0.2, 0) is 0 Å². The number of benzene rings is 1. The summed E-state index contributed by atoms with van der Waals surface area (Å²) in [5.74, 6) is 0.488. The lowest BCUT2D eigenvalue weighted by molar-refractivity contribution is 0.859. The predicted molar refractivity (Wildman–Crippen MR) is 70.3 cm³/mol. The van der Waals surface area contributed by atoms with Gasteiger partial charge in [-0.05, 0) is 48.6 Å². The Balaban J connectivity index is 2.92. The molecule has 0 aliphatic heterocycles. The molecule has 0 fully saturated rings. The average Bonchev–Trinajstić information content (AvgIpc) is 2.22. The first-order chi connectivity index (χ1) is 7.52. The van der Waals surface area contributed by atoms with Crippen LogP contribution in [-0.4, -0.2) is 4.98 Å². The molecule has 1 heterocycles. The highest BCUT2D eigenvalue weighted by atomic mass is 35.5. The maximum Gasteiger partial charge on any atom is 0.0893 e. The molecule has 0 atom stereocenters. The number of hydrogen-bond acceptors (Lipinski definition) is 1. The lowest BCUT2D eigenvalue weighted by atomic mass is 9.93. The van der Waals surface area contributed by atoms with Gasteiger partial charge in [-0.3, -0.25) is 4.98 Å². The highest BCUT2D eigenvalue weighted by molar-refractivity contribution is 6.35. The van der Waals surface area contributed by atoms with Gasteiger partial charge in [0, 0.05) is 11.6 Å². The molecule has 0 amide bonds. The minimum atomic E-state index is 0.488. The summed E-state index contributed by atoms with van der Waals surface area (Å²) < 4.78 is 0. The van der Waals surface area contributed by atoms with Gasteiger partial charge in [-0.15, -0.1) is 0 Å². The third-order valence-corrected chi connectivity index (χ3v) is 3.39. The van der Waals surface area contributed by atoms with E-state index in [1.165, 1.54) is 22.1 Å². The molecular weight excluding hydrogens is 218 g/mol. The summed E-state index contributed by atoms with van der Waals surface area (Å²) in [4.78, 5) is 4.37. The van der Waals surface area contributed by atoms with E-state index in [1.807, 2.05) is 12.3 Å². The molecule has 2 aromatic rings. The fourth-order valence-corrected chi connectivity index (χ4v) is 2.53. The first-order valence-corrected chi connectivity index (χ1v) is 5.94. The van der Waals surface area contributed by atoms with Gasteiger partial charge in [0.15, 0.2) is 0 Å². The zero-order chi connectivity index (χ0) is 11.9. The van der Waals surface area contributed by atoms with Gasteiger partial charge in [-0.2, -0.15) is 0 Å². The van der Waals surface area contributed by atoms with Crippen LogP contribution in [0.5, 0.6) is 0 Å². The van der Waals surface area contributed by atoms with Crippen molar-refractivity contribution in [2.24, 2.45) is 0 Å². The van der Waals surface area contributed by atoms with Crippen molar-refractivity contribution in [1.29, 1.82) is 0 Å². The minimum absolute atomic E-state index is 0.488. The first kappa shape index (κ1) is 11.4. The smallest absolute Gasteiger partial charge is 0.0893 e. The molecule has 0 saturated heterocycles. The van der Waals surface area contributed by atoms with Gasteiger partial charge in [0.25, 0.3) is 0 Å². The number of fused-ring (bicyclic) bond motifs is 1. The number of halogens is 1. The summed E-state index contributed by atoms with van der Waals surface area (Å²) in [6.45, 7) is 8.65. The molecule has 0 unspecified atom stereocenters. The van der Waals surface area contributed by atoms with Crippen LogP contribution in [0.15, 0.2) is 18.3 Å². The van der Waals surface area contributed by atoms with Crippen LogP contribution in [0, 0.1) is 13.8 Å². The average molecular weight is 234 g/mol. The fraction of sp³-hybridized carbons (Fsp3) is 0.357. The molecule has 0 radical (unpaired) electrons. The van der Waals surface area contributed by atoms with Crippen LogP contribution in [0.3, 0.4) is 0 Å². The Kier molecular flexibility index (Phi) is 2.90. The second-order valence-corrected chi connectivity index (χ2v) is 4.99. The predicted octanol–water partition coefficient (Wildman–Crippen LogP) is 4.63. The Bertz CT molecular complexity index is 544. The Hall–Kier alpha value is -1.08. The summed E-state index contributed by atoms with van der Waals surface area (Å²) in [5, 5.41) is 1.96. The van der Waals surface area contributed by atoms with Crippen molar-refractivity contribution in [2.45, 2.75) is 33.6 Å². The van der Waals surface area contributed by atoms with Gasteiger partial charge >= 0.3 is 0 Å². The zero-order valence-corrected chi connectivity index (χ0v) is 10.9. The lowest BCUT2D eigenvalue weighted by Gasteiger charge is -2.14. The molecule has 84 valence electrons. The molecule has 0 spiro atoms. The van der Waals surface area contributed by atoms with Gasteiger partial charge in [0.05, 0.1) is 10.5 Å². The van der Waals surface area contributed by atoms with Crippen LogP contribution < -0.4 is 0 Å². The largest absolute Gasteiger partial charge is 0.255 e. The Labute approximate surface area is 101 Å². The van der Waals surface area contributed by atoms with Gasteiger partial charge in [0.1, 0.15) is 0 Å². The Morgan fingerprint density at radius 1 is 1.25 bits per heavy atom.